The summed E-state index contributed by atoms with van der Waals surface area (Å²) in [6.45, 7) is 10.2. The van der Waals surface area contributed by atoms with Crippen LogP contribution >= 0.6 is 0 Å². The molecule has 2 heteroatoms. The Labute approximate surface area is 117 Å². The van der Waals surface area contributed by atoms with Crippen LogP contribution in [0.5, 0.6) is 0 Å². The highest BCUT2D eigenvalue weighted by atomic mass is 16.3. The summed E-state index contributed by atoms with van der Waals surface area (Å²) in [5, 5.41) is 9.85. The van der Waals surface area contributed by atoms with Crippen LogP contribution in [0, 0.1) is 11.8 Å². The molecule has 0 saturated carbocycles. The van der Waals surface area contributed by atoms with Gasteiger partial charge in [0.15, 0.2) is 0 Å². The van der Waals surface area contributed by atoms with Crippen molar-refractivity contribution < 1.29 is 5.11 Å². The number of nitrogens with zero attached hydrogens (tertiary/aromatic N) is 1. The molecule has 0 aliphatic carbocycles. The molecule has 0 spiro atoms. The molecule has 1 heterocycles. The van der Waals surface area contributed by atoms with Gasteiger partial charge in [0.05, 0.1) is 6.10 Å². The second-order valence-corrected chi connectivity index (χ2v) is 6.23. The Morgan fingerprint density at radius 3 is 2.42 bits per heavy atom. The molecule has 2 nitrogen and oxygen atoms in total. The minimum atomic E-state index is -0.328. The summed E-state index contributed by atoms with van der Waals surface area (Å²) in [6, 6.07) is 9.06. The van der Waals surface area contributed by atoms with E-state index in [0.29, 0.717) is 6.04 Å². The second kappa shape index (κ2) is 5.96. The molecule has 19 heavy (non-hydrogen) atoms. The summed E-state index contributed by atoms with van der Waals surface area (Å²) in [5.41, 5.74) is 2.31. The summed E-state index contributed by atoms with van der Waals surface area (Å²) < 4.78 is 0. The number of hydrogen-bond donors (Lipinski definition) is 1. The first-order chi connectivity index (χ1) is 9.02. The maximum Gasteiger partial charge on any atom is 0.0787 e. The highest BCUT2D eigenvalue weighted by Gasteiger charge is 2.28. The lowest BCUT2D eigenvalue weighted by Crippen LogP contribution is -2.45. The highest BCUT2D eigenvalue weighted by Crippen LogP contribution is 2.31. The third-order valence-electron chi connectivity index (χ3n) is 4.59. The van der Waals surface area contributed by atoms with Gasteiger partial charge in [0.2, 0.25) is 0 Å². The molecule has 3 unspecified atom stereocenters. The van der Waals surface area contributed by atoms with Crippen LogP contribution in [0.15, 0.2) is 24.3 Å². The van der Waals surface area contributed by atoms with E-state index in [1.807, 2.05) is 6.92 Å². The zero-order valence-corrected chi connectivity index (χ0v) is 12.6. The lowest BCUT2D eigenvalue weighted by molar-refractivity contribution is 0.173. The Bertz CT molecular complexity index is 400. The van der Waals surface area contributed by atoms with Crippen LogP contribution in [-0.2, 0) is 0 Å². The minimum absolute atomic E-state index is 0.328. The minimum Gasteiger partial charge on any atom is -0.388 e. The molecule has 0 bridgehead atoms. The van der Waals surface area contributed by atoms with E-state index in [-0.39, 0.29) is 6.10 Å². The van der Waals surface area contributed by atoms with E-state index >= 15 is 0 Å². The standard InChI is InChI=1S/C17H27NO/c1-5-17(19)15-6-8-16(9-7-15)18-11-12(2)10-13(3)14(18)4/h6-9,12-14,17,19H,5,10-11H2,1-4H3/t12?,13?,14?,17-/m0/s1. The zero-order chi connectivity index (χ0) is 14.0. The molecule has 1 fully saturated rings. The molecule has 1 aromatic carbocycles. The van der Waals surface area contributed by atoms with Gasteiger partial charge in [0.1, 0.15) is 0 Å². The van der Waals surface area contributed by atoms with Gasteiger partial charge >= 0.3 is 0 Å². The van der Waals surface area contributed by atoms with Crippen LogP contribution < -0.4 is 4.90 Å². The van der Waals surface area contributed by atoms with Crippen LogP contribution in [0.1, 0.15) is 52.2 Å². The molecule has 0 radical (unpaired) electrons. The molecule has 1 saturated heterocycles. The molecule has 2 rings (SSSR count). The van der Waals surface area contributed by atoms with E-state index in [1.54, 1.807) is 0 Å². The van der Waals surface area contributed by atoms with Crippen LogP contribution in [-0.4, -0.2) is 17.7 Å². The normalized spacial score (nSPS) is 29.3. The van der Waals surface area contributed by atoms with Crippen LogP contribution in [0.2, 0.25) is 0 Å². The smallest absolute Gasteiger partial charge is 0.0787 e. The Morgan fingerprint density at radius 2 is 1.84 bits per heavy atom. The molecule has 0 amide bonds. The Hall–Kier alpha value is -1.02. The van der Waals surface area contributed by atoms with Crippen molar-refractivity contribution >= 4 is 5.69 Å². The Kier molecular flexibility index (Phi) is 4.51. The molecule has 0 aromatic heterocycles. The number of rotatable bonds is 3. The summed E-state index contributed by atoms with van der Waals surface area (Å²) >= 11 is 0. The van der Waals surface area contributed by atoms with E-state index in [0.717, 1.165) is 30.4 Å². The third-order valence-corrected chi connectivity index (χ3v) is 4.59. The maximum atomic E-state index is 9.85. The summed E-state index contributed by atoms with van der Waals surface area (Å²) in [6.07, 6.45) is 1.77. The van der Waals surface area contributed by atoms with E-state index in [1.165, 1.54) is 12.1 Å². The van der Waals surface area contributed by atoms with Gasteiger partial charge in [-0.25, -0.2) is 0 Å². The number of aliphatic hydroxyl groups is 1. The van der Waals surface area contributed by atoms with Gasteiger partial charge in [0, 0.05) is 18.3 Å². The fourth-order valence-electron chi connectivity index (χ4n) is 3.18. The van der Waals surface area contributed by atoms with Crippen molar-refractivity contribution in [1.29, 1.82) is 0 Å². The number of anilines is 1. The van der Waals surface area contributed by atoms with Gasteiger partial charge in [0.25, 0.3) is 0 Å². The van der Waals surface area contributed by atoms with Crippen molar-refractivity contribution in [3.8, 4) is 0 Å². The maximum absolute atomic E-state index is 9.85. The average molecular weight is 261 g/mol. The van der Waals surface area contributed by atoms with Crippen molar-refractivity contribution in [2.45, 2.75) is 52.7 Å². The van der Waals surface area contributed by atoms with E-state index in [4.69, 9.17) is 0 Å². The van der Waals surface area contributed by atoms with Gasteiger partial charge in [-0.3, -0.25) is 0 Å². The van der Waals surface area contributed by atoms with Gasteiger partial charge in [-0.05, 0) is 49.3 Å². The first-order valence-electron chi connectivity index (χ1n) is 7.57. The third kappa shape index (κ3) is 3.11. The second-order valence-electron chi connectivity index (χ2n) is 6.23. The van der Waals surface area contributed by atoms with Crippen molar-refractivity contribution in [3.05, 3.63) is 29.8 Å². The SMILES string of the molecule is CC[C@H](O)c1ccc(N2CC(C)CC(C)C2C)cc1. The predicted octanol–water partition coefficient (Wildman–Crippen LogP) is 4.00. The van der Waals surface area contributed by atoms with Crippen LogP contribution in [0.25, 0.3) is 0 Å². The topological polar surface area (TPSA) is 23.5 Å². The van der Waals surface area contributed by atoms with Crippen molar-refractivity contribution in [1.82, 2.24) is 0 Å². The Balaban J connectivity index is 2.16. The fraction of sp³-hybridized carbons (Fsp3) is 0.647. The van der Waals surface area contributed by atoms with Crippen molar-refractivity contribution in [2.24, 2.45) is 11.8 Å². The molecule has 4 atom stereocenters. The number of hydrogen-bond acceptors (Lipinski definition) is 2. The van der Waals surface area contributed by atoms with E-state index in [2.05, 4.69) is 49.9 Å². The molecular formula is C17H27NO. The van der Waals surface area contributed by atoms with Crippen molar-refractivity contribution in [2.75, 3.05) is 11.4 Å². The summed E-state index contributed by atoms with van der Waals surface area (Å²) in [7, 11) is 0. The first kappa shape index (κ1) is 14.4. The average Bonchev–Trinajstić information content (AvgIpc) is 2.42. The quantitative estimate of drug-likeness (QED) is 0.889. The van der Waals surface area contributed by atoms with Crippen LogP contribution in [0.4, 0.5) is 5.69 Å². The van der Waals surface area contributed by atoms with Gasteiger partial charge in [-0.1, -0.05) is 32.9 Å². The van der Waals surface area contributed by atoms with Crippen molar-refractivity contribution in [3.63, 3.8) is 0 Å². The van der Waals surface area contributed by atoms with E-state index < -0.39 is 0 Å². The molecular weight excluding hydrogens is 234 g/mol. The first-order valence-corrected chi connectivity index (χ1v) is 7.57. The lowest BCUT2D eigenvalue weighted by atomic mass is 9.85. The van der Waals surface area contributed by atoms with Gasteiger partial charge < -0.3 is 10.0 Å². The zero-order valence-electron chi connectivity index (χ0n) is 12.6. The lowest BCUT2D eigenvalue weighted by Gasteiger charge is -2.42. The van der Waals surface area contributed by atoms with Gasteiger partial charge in [-0.15, -0.1) is 0 Å². The number of piperidine rings is 1. The molecule has 1 aromatic rings. The van der Waals surface area contributed by atoms with Gasteiger partial charge in [-0.2, -0.15) is 0 Å². The predicted molar refractivity (Wildman–Crippen MR) is 81.4 cm³/mol. The molecule has 1 N–H and O–H groups in total. The molecule has 106 valence electrons. The largest absolute Gasteiger partial charge is 0.388 e. The van der Waals surface area contributed by atoms with Crippen LogP contribution in [0.3, 0.4) is 0 Å². The summed E-state index contributed by atoms with van der Waals surface area (Å²) in [4.78, 5) is 2.51. The molecule has 1 aliphatic heterocycles. The fourth-order valence-corrected chi connectivity index (χ4v) is 3.18. The highest BCUT2D eigenvalue weighted by molar-refractivity contribution is 5.49. The molecule has 1 aliphatic rings. The monoisotopic (exact) mass is 261 g/mol. The summed E-state index contributed by atoms with van der Waals surface area (Å²) in [5.74, 6) is 1.50. The van der Waals surface area contributed by atoms with E-state index in [9.17, 15) is 5.11 Å². The number of benzene rings is 1. The Morgan fingerprint density at radius 1 is 1.21 bits per heavy atom. The number of aliphatic hydroxyl groups excluding tert-OH is 1.